The minimum absolute atomic E-state index is 0.193. The highest BCUT2D eigenvalue weighted by atomic mass is 15.1. The number of nitrogens with zero attached hydrogens (tertiary/aromatic N) is 1. The fourth-order valence-corrected chi connectivity index (χ4v) is 1.41. The molecule has 0 saturated heterocycles. The highest BCUT2D eigenvalue weighted by molar-refractivity contribution is 5.79. The lowest BCUT2D eigenvalue weighted by Gasteiger charge is -2.24. The molecular formula is C10H23N3. The van der Waals surface area contributed by atoms with Crippen molar-refractivity contribution in [1.82, 2.24) is 4.90 Å². The predicted molar refractivity (Wildman–Crippen MR) is 58.1 cm³/mol. The van der Waals surface area contributed by atoms with Crippen molar-refractivity contribution in [3.63, 3.8) is 0 Å². The van der Waals surface area contributed by atoms with Gasteiger partial charge in [-0.1, -0.05) is 20.8 Å². The maximum atomic E-state index is 7.31. The SMILES string of the molecule is CCCN(CCC)CC(C)C(=N)N. The fourth-order valence-electron chi connectivity index (χ4n) is 1.41. The zero-order valence-corrected chi connectivity index (χ0v) is 9.14. The van der Waals surface area contributed by atoms with Gasteiger partial charge in [0.25, 0.3) is 0 Å². The zero-order chi connectivity index (χ0) is 10.3. The monoisotopic (exact) mass is 185 g/mol. The fraction of sp³-hybridized carbons (Fsp3) is 0.900. The molecule has 0 aliphatic rings. The van der Waals surface area contributed by atoms with Gasteiger partial charge in [0.15, 0.2) is 0 Å². The Balaban J connectivity index is 3.85. The third kappa shape index (κ3) is 5.64. The number of nitrogens with two attached hydrogens (primary N) is 1. The summed E-state index contributed by atoms with van der Waals surface area (Å²) in [5, 5.41) is 7.31. The number of rotatable bonds is 7. The highest BCUT2D eigenvalue weighted by Gasteiger charge is 2.10. The van der Waals surface area contributed by atoms with Crippen molar-refractivity contribution >= 4 is 5.84 Å². The minimum atomic E-state index is 0.193. The van der Waals surface area contributed by atoms with E-state index in [0.29, 0.717) is 5.84 Å². The Kier molecular flexibility index (Phi) is 6.59. The van der Waals surface area contributed by atoms with Gasteiger partial charge in [-0.2, -0.15) is 0 Å². The van der Waals surface area contributed by atoms with E-state index in [1.807, 2.05) is 6.92 Å². The smallest absolute Gasteiger partial charge is 0.0947 e. The third-order valence-corrected chi connectivity index (χ3v) is 2.14. The lowest BCUT2D eigenvalue weighted by atomic mass is 10.1. The van der Waals surface area contributed by atoms with Crippen molar-refractivity contribution in [3.05, 3.63) is 0 Å². The summed E-state index contributed by atoms with van der Waals surface area (Å²) in [5.74, 6) is 0.496. The average molecular weight is 185 g/mol. The lowest BCUT2D eigenvalue weighted by molar-refractivity contribution is 0.259. The molecule has 3 N–H and O–H groups in total. The van der Waals surface area contributed by atoms with Crippen LogP contribution < -0.4 is 5.73 Å². The first-order chi connectivity index (χ1) is 6.11. The van der Waals surface area contributed by atoms with Crippen LogP contribution in [0.25, 0.3) is 0 Å². The Bertz CT molecular complexity index is 139. The molecule has 1 unspecified atom stereocenters. The van der Waals surface area contributed by atoms with Gasteiger partial charge in [-0.05, 0) is 25.9 Å². The molecule has 0 amide bonds. The van der Waals surface area contributed by atoms with Gasteiger partial charge in [0.2, 0.25) is 0 Å². The molecule has 0 bridgehead atoms. The van der Waals surface area contributed by atoms with E-state index >= 15 is 0 Å². The molecule has 0 aromatic rings. The molecule has 0 aromatic carbocycles. The van der Waals surface area contributed by atoms with Crippen LogP contribution in [0.15, 0.2) is 0 Å². The molecule has 3 heteroatoms. The van der Waals surface area contributed by atoms with E-state index in [9.17, 15) is 0 Å². The molecule has 0 radical (unpaired) electrons. The second-order valence-electron chi connectivity index (χ2n) is 3.66. The first kappa shape index (κ1) is 12.4. The number of nitrogens with one attached hydrogen (secondary N) is 1. The molecule has 0 saturated carbocycles. The Hall–Kier alpha value is -0.570. The number of amidine groups is 1. The van der Waals surface area contributed by atoms with Gasteiger partial charge in [0, 0.05) is 12.5 Å². The second-order valence-corrected chi connectivity index (χ2v) is 3.66. The first-order valence-electron chi connectivity index (χ1n) is 5.18. The Morgan fingerprint density at radius 3 is 2.08 bits per heavy atom. The summed E-state index contributed by atoms with van der Waals surface area (Å²) >= 11 is 0. The van der Waals surface area contributed by atoms with Gasteiger partial charge < -0.3 is 10.6 Å². The van der Waals surface area contributed by atoms with Crippen LogP contribution in [0.4, 0.5) is 0 Å². The van der Waals surface area contributed by atoms with Crippen molar-refractivity contribution in [3.8, 4) is 0 Å². The van der Waals surface area contributed by atoms with E-state index in [1.165, 1.54) is 12.8 Å². The zero-order valence-electron chi connectivity index (χ0n) is 9.14. The Labute approximate surface area is 81.8 Å². The Morgan fingerprint density at radius 1 is 1.31 bits per heavy atom. The normalized spacial score (nSPS) is 13.2. The van der Waals surface area contributed by atoms with Crippen LogP contribution >= 0.6 is 0 Å². The topological polar surface area (TPSA) is 53.1 Å². The summed E-state index contributed by atoms with van der Waals surface area (Å²) in [5.41, 5.74) is 5.43. The summed E-state index contributed by atoms with van der Waals surface area (Å²) in [6, 6.07) is 0. The summed E-state index contributed by atoms with van der Waals surface area (Å²) in [4.78, 5) is 2.38. The third-order valence-electron chi connectivity index (χ3n) is 2.14. The highest BCUT2D eigenvalue weighted by Crippen LogP contribution is 2.01. The van der Waals surface area contributed by atoms with Crippen LogP contribution in [0.3, 0.4) is 0 Å². The minimum Gasteiger partial charge on any atom is -0.387 e. The van der Waals surface area contributed by atoms with E-state index in [-0.39, 0.29) is 5.92 Å². The van der Waals surface area contributed by atoms with Crippen molar-refractivity contribution in [2.45, 2.75) is 33.6 Å². The van der Waals surface area contributed by atoms with Crippen molar-refractivity contribution in [1.29, 1.82) is 5.41 Å². The van der Waals surface area contributed by atoms with Crippen molar-refractivity contribution in [2.24, 2.45) is 11.7 Å². The van der Waals surface area contributed by atoms with Gasteiger partial charge in [0.1, 0.15) is 0 Å². The number of hydrogen-bond acceptors (Lipinski definition) is 2. The van der Waals surface area contributed by atoms with Crippen LogP contribution in [0, 0.1) is 11.3 Å². The van der Waals surface area contributed by atoms with E-state index in [2.05, 4.69) is 18.7 Å². The largest absolute Gasteiger partial charge is 0.387 e. The van der Waals surface area contributed by atoms with E-state index in [0.717, 1.165) is 19.6 Å². The summed E-state index contributed by atoms with van der Waals surface area (Å²) in [6.07, 6.45) is 2.34. The van der Waals surface area contributed by atoms with Crippen molar-refractivity contribution < 1.29 is 0 Å². The second kappa shape index (κ2) is 6.89. The number of hydrogen-bond donors (Lipinski definition) is 2. The first-order valence-corrected chi connectivity index (χ1v) is 5.18. The summed E-state index contributed by atoms with van der Waals surface area (Å²) < 4.78 is 0. The predicted octanol–water partition coefficient (Wildman–Crippen LogP) is 1.68. The maximum Gasteiger partial charge on any atom is 0.0947 e. The van der Waals surface area contributed by atoms with Crippen molar-refractivity contribution in [2.75, 3.05) is 19.6 Å². The lowest BCUT2D eigenvalue weighted by Crippen LogP contribution is -2.35. The molecule has 0 aliphatic heterocycles. The molecular weight excluding hydrogens is 162 g/mol. The Morgan fingerprint density at radius 2 is 1.77 bits per heavy atom. The maximum absolute atomic E-state index is 7.31. The standard InChI is InChI=1S/C10H23N3/c1-4-6-13(7-5-2)8-9(3)10(11)12/h9H,4-8H2,1-3H3,(H3,11,12). The quantitative estimate of drug-likeness (QED) is 0.468. The van der Waals surface area contributed by atoms with Gasteiger partial charge in [-0.15, -0.1) is 0 Å². The van der Waals surface area contributed by atoms with Gasteiger partial charge in [-0.3, -0.25) is 5.41 Å². The van der Waals surface area contributed by atoms with Crippen LogP contribution in [-0.2, 0) is 0 Å². The molecule has 0 spiro atoms. The molecule has 3 nitrogen and oxygen atoms in total. The molecule has 0 aliphatic carbocycles. The molecule has 1 atom stereocenters. The van der Waals surface area contributed by atoms with E-state index in [4.69, 9.17) is 11.1 Å². The van der Waals surface area contributed by atoms with E-state index < -0.39 is 0 Å². The molecule has 0 rings (SSSR count). The molecule has 0 fully saturated rings. The summed E-state index contributed by atoms with van der Waals surface area (Å²) in [7, 11) is 0. The van der Waals surface area contributed by atoms with Crippen LogP contribution in [0.5, 0.6) is 0 Å². The molecule has 0 heterocycles. The van der Waals surface area contributed by atoms with E-state index in [1.54, 1.807) is 0 Å². The van der Waals surface area contributed by atoms with Gasteiger partial charge in [-0.25, -0.2) is 0 Å². The van der Waals surface area contributed by atoms with Gasteiger partial charge in [0.05, 0.1) is 5.84 Å². The van der Waals surface area contributed by atoms with Crippen LogP contribution in [-0.4, -0.2) is 30.4 Å². The van der Waals surface area contributed by atoms with Gasteiger partial charge >= 0.3 is 0 Å². The summed E-state index contributed by atoms with van der Waals surface area (Å²) in [6.45, 7) is 9.54. The molecule has 0 aromatic heterocycles. The molecule has 78 valence electrons. The van der Waals surface area contributed by atoms with Crippen LogP contribution in [0.1, 0.15) is 33.6 Å². The average Bonchev–Trinajstić information content (AvgIpc) is 2.05. The van der Waals surface area contributed by atoms with Crippen LogP contribution in [0.2, 0.25) is 0 Å². The molecule has 13 heavy (non-hydrogen) atoms.